The van der Waals surface area contributed by atoms with Crippen LogP contribution >= 0.6 is 11.6 Å². The zero-order valence-corrected chi connectivity index (χ0v) is 13.6. The molecule has 2 aliphatic rings. The standard InChI is InChI=1S/C15H21ClN2O2S/c16-15-10-14(5-2-12(15)11-17-13-3-4-13)18-6-1-8-21(19,20)9-7-18/h2,5,10,13,17H,1,3-4,6-9,11H2. The van der Waals surface area contributed by atoms with Crippen molar-refractivity contribution in [3.8, 4) is 0 Å². The molecule has 1 aliphatic carbocycles. The second-order valence-corrected chi connectivity index (χ2v) is 8.63. The Morgan fingerprint density at radius 1 is 1.24 bits per heavy atom. The van der Waals surface area contributed by atoms with Crippen molar-refractivity contribution in [3.63, 3.8) is 0 Å². The Balaban J connectivity index is 1.68. The monoisotopic (exact) mass is 328 g/mol. The van der Waals surface area contributed by atoms with E-state index in [1.165, 1.54) is 12.8 Å². The molecule has 1 saturated carbocycles. The molecule has 116 valence electrons. The first kappa shape index (κ1) is 15.1. The number of hydrogen-bond donors (Lipinski definition) is 1. The summed E-state index contributed by atoms with van der Waals surface area (Å²) in [7, 11) is -2.87. The summed E-state index contributed by atoms with van der Waals surface area (Å²) in [5.41, 5.74) is 2.13. The summed E-state index contributed by atoms with van der Waals surface area (Å²) in [6.45, 7) is 2.13. The number of nitrogens with zero attached hydrogens (tertiary/aromatic N) is 1. The van der Waals surface area contributed by atoms with E-state index in [1.54, 1.807) is 0 Å². The lowest BCUT2D eigenvalue weighted by Gasteiger charge is -2.23. The van der Waals surface area contributed by atoms with E-state index in [2.05, 4.69) is 10.2 Å². The third-order valence-electron chi connectivity index (χ3n) is 4.12. The molecule has 0 aromatic heterocycles. The quantitative estimate of drug-likeness (QED) is 0.920. The lowest BCUT2D eigenvalue weighted by molar-refractivity contribution is 0.597. The molecule has 0 bridgehead atoms. The van der Waals surface area contributed by atoms with Gasteiger partial charge in [0.1, 0.15) is 0 Å². The lowest BCUT2D eigenvalue weighted by Crippen LogP contribution is -2.26. The zero-order chi connectivity index (χ0) is 14.9. The van der Waals surface area contributed by atoms with Gasteiger partial charge in [0.25, 0.3) is 0 Å². The van der Waals surface area contributed by atoms with Crippen LogP contribution in [0.3, 0.4) is 0 Å². The molecule has 0 atom stereocenters. The first-order chi connectivity index (χ1) is 10.0. The van der Waals surface area contributed by atoms with Gasteiger partial charge in [-0.05, 0) is 37.0 Å². The number of hydrogen-bond acceptors (Lipinski definition) is 4. The van der Waals surface area contributed by atoms with Gasteiger partial charge < -0.3 is 10.2 Å². The minimum Gasteiger partial charge on any atom is -0.370 e. The highest BCUT2D eigenvalue weighted by atomic mass is 35.5. The third kappa shape index (κ3) is 4.11. The highest BCUT2D eigenvalue weighted by Gasteiger charge is 2.21. The van der Waals surface area contributed by atoms with Crippen molar-refractivity contribution in [3.05, 3.63) is 28.8 Å². The Morgan fingerprint density at radius 2 is 2.05 bits per heavy atom. The van der Waals surface area contributed by atoms with Crippen molar-refractivity contribution in [1.29, 1.82) is 0 Å². The van der Waals surface area contributed by atoms with E-state index in [4.69, 9.17) is 11.6 Å². The Labute approximate surface area is 131 Å². The van der Waals surface area contributed by atoms with Crippen LogP contribution in [0.2, 0.25) is 5.02 Å². The predicted octanol–water partition coefficient (Wildman–Crippen LogP) is 2.22. The van der Waals surface area contributed by atoms with Crippen LogP contribution in [0.1, 0.15) is 24.8 Å². The molecule has 1 N–H and O–H groups in total. The molecule has 0 spiro atoms. The summed E-state index contributed by atoms with van der Waals surface area (Å²) >= 11 is 6.36. The number of halogens is 1. The molecule has 6 heteroatoms. The van der Waals surface area contributed by atoms with Crippen LogP contribution in [0.4, 0.5) is 5.69 Å². The lowest BCUT2D eigenvalue weighted by atomic mass is 10.2. The molecule has 1 aromatic carbocycles. The first-order valence-corrected chi connectivity index (χ1v) is 9.71. The molecule has 0 unspecified atom stereocenters. The summed E-state index contributed by atoms with van der Waals surface area (Å²) in [6.07, 6.45) is 3.21. The second-order valence-electron chi connectivity index (χ2n) is 5.92. The average molecular weight is 329 g/mol. The molecular formula is C15H21ClN2O2S. The van der Waals surface area contributed by atoms with E-state index in [-0.39, 0.29) is 5.75 Å². The van der Waals surface area contributed by atoms with E-state index >= 15 is 0 Å². The Morgan fingerprint density at radius 3 is 2.76 bits per heavy atom. The van der Waals surface area contributed by atoms with Crippen molar-refractivity contribution >= 4 is 27.1 Å². The van der Waals surface area contributed by atoms with Crippen LogP contribution in [0, 0.1) is 0 Å². The number of nitrogens with one attached hydrogen (secondary N) is 1. The molecule has 2 fully saturated rings. The van der Waals surface area contributed by atoms with E-state index < -0.39 is 9.84 Å². The fourth-order valence-corrected chi connectivity index (χ4v) is 4.13. The largest absolute Gasteiger partial charge is 0.370 e. The van der Waals surface area contributed by atoms with Crippen molar-refractivity contribution in [2.75, 3.05) is 29.5 Å². The molecule has 0 radical (unpaired) electrons. The minimum atomic E-state index is -2.87. The molecule has 1 aliphatic heterocycles. The van der Waals surface area contributed by atoms with Crippen LogP contribution in [-0.2, 0) is 16.4 Å². The normalized spacial score (nSPS) is 22.0. The third-order valence-corrected chi connectivity index (χ3v) is 6.18. The summed E-state index contributed by atoms with van der Waals surface area (Å²) in [4.78, 5) is 2.12. The predicted molar refractivity (Wildman–Crippen MR) is 86.8 cm³/mol. The van der Waals surface area contributed by atoms with Gasteiger partial charge in [-0.15, -0.1) is 0 Å². The van der Waals surface area contributed by atoms with Gasteiger partial charge in [-0.2, -0.15) is 0 Å². The molecule has 21 heavy (non-hydrogen) atoms. The second kappa shape index (κ2) is 6.15. The molecule has 0 amide bonds. The Bertz CT molecular complexity index is 614. The van der Waals surface area contributed by atoms with E-state index in [9.17, 15) is 8.42 Å². The van der Waals surface area contributed by atoms with Gasteiger partial charge in [0.05, 0.1) is 11.5 Å². The van der Waals surface area contributed by atoms with Crippen molar-refractivity contribution < 1.29 is 8.42 Å². The zero-order valence-electron chi connectivity index (χ0n) is 12.0. The number of sulfone groups is 1. The van der Waals surface area contributed by atoms with Gasteiger partial charge in [-0.25, -0.2) is 8.42 Å². The van der Waals surface area contributed by atoms with Crippen molar-refractivity contribution in [2.45, 2.75) is 31.8 Å². The number of rotatable bonds is 4. The van der Waals surface area contributed by atoms with Gasteiger partial charge in [0.15, 0.2) is 9.84 Å². The average Bonchev–Trinajstić information content (AvgIpc) is 3.25. The number of benzene rings is 1. The fraction of sp³-hybridized carbons (Fsp3) is 0.600. The van der Waals surface area contributed by atoms with Gasteiger partial charge in [0.2, 0.25) is 0 Å². The maximum atomic E-state index is 11.7. The van der Waals surface area contributed by atoms with E-state index in [0.29, 0.717) is 24.8 Å². The van der Waals surface area contributed by atoms with Crippen LogP contribution in [0.15, 0.2) is 18.2 Å². The highest BCUT2D eigenvalue weighted by molar-refractivity contribution is 7.91. The van der Waals surface area contributed by atoms with Gasteiger partial charge >= 0.3 is 0 Å². The Kier molecular flexibility index (Phi) is 4.43. The van der Waals surface area contributed by atoms with E-state index in [0.717, 1.165) is 29.4 Å². The molecular weight excluding hydrogens is 308 g/mol. The van der Waals surface area contributed by atoms with Crippen LogP contribution < -0.4 is 10.2 Å². The van der Waals surface area contributed by atoms with Gasteiger partial charge in [-0.3, -0.25) is 0 Å². The summed E-state index contributed by atoms with van der Waals surface area (Å²) in [5, 5.41) is 4.21. The van der Waals surface area contributed by atoms with Crippen molar-refractivity contribution in [1.82, 2.24) is 5.32 Å². The molecule has 3 rings (SSSR count). The van der Waals surface area contributed by atoms with E-state index in [1.807, 2.05) is 18.2 Å². The first-order valence-electron chi connectivity index (χ1n) is 7.51. The topological polar surface area (TPSA) is 49.4 Å². The molecule has 1 saturated heterocycles. The van der Waals surface area contributed by atoms with Crippen molar-refractivity contribution in [2.24, 2.45) is 0 Å². The molecule has 1 aromatic rings. The maximum Gasteiger partial charge on any atom is 0.152 e. The van der Waals surface area contributed by atoms with Crippen LogP contribution in [-0.4, -0.2) is 39.1 Å². The smallest absolute Gasteiger partial charge is 0.152 e. The minimum absolute atomic E-state index is 0.232. The van der Waals surface area contributed by atoms with Gasteiger partial charge in [-0.1, -0.05) is 17.7 Å². The highest BCUT2D eigenvalue weighted by Crippen LogP contribution is 2.26. The maximum absolute atomic E-state index is 11.7. The van der Waals surface area contributed by atoms with Crippen LogP contribution in [0.5, 0.6) is 0 Å². The fourth-order valence-electron chi connectivity index (χ4n) is 2.61. The van der Waals surface area contributed by atoms with Gasteiger partial charge in [0, 0.05) is 36.4 Å². The summed E-state index contributed by atoms with van der Waals surface area (Å²) in [6, 6.07) is 6.72. The summed E-state index contributed by atoms with van der Waals surface area (Å²) < 4.78 is 23.3. The Hall–Kier alpha value is -0.780. The molecule has 4 nitrogen and oxygen atoms in total. The molecule has 1 heterocycles. The summed E-state index contributed by atoms with van der Waals surface area (Å²) in [5.74, 6) is 0.524. The van der Waals surface area contributed by atoms with Crippen LogP contribution in [0.25, 0.3) is 0 Å². The SMILES string of the molecule is O=S1(=O)CCCN(c2ccc(CNC3CC3)c(Cl)c2)CC1. The number of anilines is 1.